The molecular weight excluding hydrogens is 485 g/mol. The van der Waals surface area contributed by atoms with Crippen LogP contribution in [0, 0.1) is 6.92 Å². The lowest BCUT2D eigenvalue weighted by atomic mass is 10.1. The van der Waals surface area contributed by atoms with E-state index < -0.39 is 15.9 Å². The molecule has 168 valence electrons. The minimum Gasteiger partial charge on any atom is -0.273 e. The molecule has 8 nitrogen and oxygen atoms in total. The van der Waals surface area contributed by atoms with Crippen molar-refractivity contribution in [2.75, 3.05) is 0 Å². The number of benzene rings is 3. The van der Waals surface area contributed by atoms with Crippen molar-refractivity contribution < 1.29 is 13.2 Å². The number of rotatable bonds is 6. The Morgan fingerprint density at radius 1 is 0.939 bits per heavy atom. The summed E-state index contributed by atoms with van der Waals surface area (Å²) in [6.07, 6.45) is 1.70. The summed E-state index contributed by atoms with van der Waals surface area (Å²) < 4.78 is 26.2. The molecule has 33 heavy (non-hydrogen) atoms. The van der Waals surface area contributed by atoms with Crippen LogP contribution in [0.4, 0.5) is 0 Å². The van der Waals surface area contributed by atoms with Crippen LogP contribution in [0.2, 0.25) is 10.0 Å². The van der Waals surface area contributed by atoms with Gasteiger partial charge in [0.05, 0.1) is 16.8 Å². The fourth-order valence-corrected chi connectivity index (χ4v) is 4.32. The van der Waals surface area contributed by atoms with Crippen LogP contribution in [0.25, 0.3) is 16.9 Å². The Bertz CT molecular complexity index is 1400. The van der Waals surface area contributed by atoms with Crippen LogP contribution in [0.5, 0.6) is 0 Å². The van der Waals surface area contributed by atoms with Crippen LogP contribution >= 0.6 is 23.2 Å². The minimum absolute atomic E-state index is 0.0479. The summed E-state index contributed by atoms with van der Waals surface area (Å²) in [5.74, 6) is -0.606. The second kappa shape index (κ2) is 9.32. The highest BCUT2D eigenvalue weighted by molar-refractivity contribution is 7.89. The number of sulfonamides is 1. The van der Waals surface area contributed by atoms with Gasteiger partial charge in [0, 0.05) is 21.2 Å². The fourth-order valence-electron chi connectivity index (χ4n) is 2.95. The molecule has 0 saturated heterocycles. The molecule has 0 aliphatic carbocycles. The third kappa shape index (κ3) is 5.40. The van der Waals surface area contributed by atoms with Crippen molar-refractivity contribution in [1.29, 1.82) is 0 Å². The average Bonchev–Trinajstić information content (AvgIpc) is 3.28. The molecule has 0 fully saturated rings. The van der Waals surface area contributed by atoms with Crippen LogP contribution in [0.3, 0.4) is 0 Å². The molecule has 11 heteroatoms. The average molecular weight is 502 g/mol. The lowest BCUT2D eigenvalue weighted by Gasteiger charge is -2.09. The highest BCUT2D eigenvalue weighted by Crippen LogP contribution is 2.26. The largest absolute Gasteiger partial charge is 0.273 e. The van der Waals surface area contributed by atoms with Crippen molar-refractivity contribution in [1.82, 2.24) is 25.3 Å². The number of halogens is 2. The second-order valence-electron chi connectivity index (χ2n) is 7.13. The van der Waals surface area contributed by atoms with Crippen molar-refractivity contribution in [3.63, 3.8) is 0 Å². The van der Waals surface area contributed by atoms with Crippen molar-refractivity contribution in [3.8, 4) is 16.9 Å². The van der Waals surface area contributed by atoms with E-state index >= 15 is 0 Å². The zero-order chi connectivity index (χ0) is 23.6. The first-order valence-corrected chi connectivity index (χ1v) is 11.8. The molecule has 0 radical (unpaired) electrons. The minimum atomic E-state index is -3.88. The number of carbonyl (C=O) groups is 1. The molecule has 0 aliphatic rings. The fraction of sp³-hybridized carbons (Fsp3) is 0.0455. The van der Waals surface area contributed by atoms with E-state index in [1.807, 2.05) is 6.92 Å². The Morgan fingerprint density at radius 3 is 2.21 bits per heavy atom. The van der Waals surface area contributed by atoms with Crippen molar-refractivity contribution in [3.05, 3.63) is 94.1 Å². The maximum atomic E-state index is 12.4. The first kappa shape index (κ1) is 22.9. The Morgan fingerprint density at radius 2 is 1.58 bits per heavy atom. The SMILES string of the molecule is Cc1ccc(S(=O)(=O)NNC(=O)c2ccc(-n3cc(-c4cc(Cl)cc(Cl)c4)nn3)cc2)cc1. The molecule has 4 aromatic rings. The molecule has 0 bridgehead atoms. The second-order valence-corrected chi connectivity index (χ2v) is 9.68. The summed E-state index contributed by atoms with van der Waals surface area (Å²) in [5.41, 5.74) is 5.34. The molecular formula is C22H17Cl2N5O3S. The number of carbonyl (C=O) groups excluding carboxylic acids is 1. The van der Waals surface area contributed by atoms with Crippen molar-refractivity contribution in [2.24, 2.45) is 0 Å². The van der Waals surface area contributed by atoms with Crippen molar-refractivity contribution in [2.45, 2.75) is 11.8 Å². The summed E-state index contributed by atoms with van der Waals surface area (Å²) >= 11 is 12.1. The lowest BCUT2D eigenvalue weighted by Crippen LogP contribution is -2.41. The van der Waals surface area contributed by atoms with Gasteiger partial charge in [-0.2, -0.15) is 0 Å². The summed E-state index contributed by atoms with van der Waals surface area (Å²) in [6, 6.07) is 17.8. The predicted octanol–water partition coefficient (Wildman–Crippen LogP) is 4.17. The van der Waals surface area contributed by atoms with Gasteiger partial charge in [-0.1, -0.05) is 46.1 Å². The van der Waals surface area contributed by atoms with Gasteiger partial charge in [0.1, 0.15) is 5.69 Å². The Labute approximate surface area is 200 Å². The van der Waals surface area contributed by atoms with Gasteiger partial charge in [-0.25, -0.2) is 13.1 Å². The number of aromatic nitrogens is 3. The maximum Gasteiger partial charge on any atom is 0.266 e. The Balaban J connectivity index is 1.44. The molecule has 4 rings (SSSR count). The Hall–Kier alpha value is -3.24. The van der Waals surface area contributed by atoms with E-state index in [0.29, 0.717) is 21.4 Å². The summed E-state index contributed by atoms with van der Waals surface area (Å²) in [6.45, 7) is 1.85. The van der Waals surface area contributed by atoms with Gasteiger partial charge >= 0.3 is 0 Å². The van der Waals surface area contributed by atoms with Crippen LogP contribution in [-0.2, 0) is 10.0 Å². The van der Waals surface area contributed by atoms with Gasteiger partial charge in [0.15, 0.2) is 0 Å². The van der Waals surface area contributed by atoms with Gasteiger partial charge in [-0.05, 0) is 61.5 Å². The van der Waals surface area contributed by atoms with E-state index in [1.54, 1.807) is 60.8 Å². The molecule has 1 heterocycles. The number of aryl methyl sites for hydroxylation is 1. The topological polar surface area (TPSA) is 106 Å². The van der Waals surface area contributed by atoms with Gasteiger partial charge in [0.25, 0.3) is 15.9 Å². The highest BCUT2D eigenvalue weighted by Gasteiger charge is 2.16. The number of nitrogens with zero attached hydrogens (tertiary/aromatic N) is 3. The highest BCUT2D eigenvalue weighted by atomic mass is 35.5. The molecule has 0 saturated carbocycles. The number of hydrogen-bond donors (Lipinski definition) is 2. The lowest BCUT2D eigenvalue weighted by molar-refractivity contribution is 0.0945. The predicted molar refractivity (Wildman–Crippen MR) is 126 cm³/mol. The monoisotopic (exact) mass is 501 g/mol. The van der Waals surface area contributed by atoms with Crippen molar-refractivity contribution >= 4 is 39.1 Å². The summed E-state index contributed by atoms with van der Waals surface area (Å²) in [7, 11) is -3.88. The number of amides is 1. The molecule has 2 N–H and O–H groups in total. The van der Waals surface area contributed by atoms with E-state index in [4.69, 9.17) is 23.2 Å². The number of nitrogens with one attached hydrogen (secondary N) is 2. The van der Waals surface area contributed by atoms with E-state index in [-0.39, 0.29) is 10.5 Å². The third-order valence-electron chi connectivity index (χ3n) is 4.68. The zero-order valence-electron chi connectivity index (χ0n) is 17.2. The van der Waals surface area contributed by atoms with E-state index in [2.05, 4.69) is 20.6 Å². The Kier molecular flexibility index (Phi) is 6.48. The molecule has 0 unspecified atom stereocenters. The van der Waals surface area contributed by atoms with Crippen LogP contribution < -0.4 is 10.3 Å². The standard InChI is InChI=1S/C22H17Cl2N5O3S/c1-14-2-8-20(9-3-14)33(31,32)28-26-22(30)15-4-6-19(7-5-15)29-13-21(25-27-29)16-10-17(23)12-18(24)11-16/h2-13,28H,1H3,(H,26,30). The molecule has 3 aromatic carbocycles. The maximum absolute atomic E-state index is 12.4. The van der Waals surface area contributed by atoms with Gasteiger partial charge in [-0.15, -0.1) is 9.93 Å². The van der Waals surface area contributed by atoms with Gasteiger partial charge in [-0.3, -0.25) is 10.2 Å². The van der Waals surface area contributed by atoms with Gasteiger partial charge in [0.2, 0.25) is 0 Å². The van der Waals surface area contributed by atoms with Gasteiger partial charge < -0.3 is 0 Å². The zero-order valence-corrected chi connectivity index (χ0v) is 19.5. The molecule has 0 spiro atoms. The summed E-state index contributed by atoms with van der Waals surface area (Å²) in [5, 5.41) is 9.20. The number of hydrogen-bond acceptors (Lipinski definition) is 5. The molecule has 0 aliphatic heterocycles. The van der Waals surface area contributed by atoms with Crippen LogP contribution in [0.1, 0.15) is 15.9 Å². The quantitative estimate of drug-likeness (QED) is 0.385. The smallest absolute Gasteiger partial charge is 0.266 e. The van der Waals surface area contributed by atoms with E-state index in [1.165, 1.54) is 16.8 Å². The van der Waals surface area contributed by atoms with E-state index in [0.717, 1.165) is 11.1 Å². The number of hydrazine groups is 1. The molecule has 0 atom stereocenters. The molecule has 1 aromatic heterocycles. The normalized spacial score (nSPS) is 11.4. The summed E-state index contributed by atoms with van der Waals surface area (Å²) in [4.78, 5) is 14.5. The first-order chi connectivity index (χ1) is 15.7. The molecule has 1 amide bonds. The first-order valence-electron chi connectivity index (χ1n) is 9.59. The van der Waals surface area contributed by atoms with Crippen LogP contribution in [-0.4, -0.2) is 29.3 Å². The van der Waals surface area contributed by atoms with E-state index in [9.17, 15) is 13.2 Å². The van der Waals surface area contributed by atoms with Crippen LogP contribution in [0.15, 0.2) is 77.8 Å². The third-order valence-corrected chi connectivity index (χ3v) is 6.38.